The SMILES string of the molecule is CC.CC.CCCC1Cc2ccc(OC)c(OC)c2C[C@H]1CC. The lowest BCUT2D eigenvalue weighted by Gasteiger charge is -2.33. The molecule has 0 radical (unpaired) electrons. The lowest BCUT2D eigenvalue weighted by molar-refractivity contribution is 0.271. The number of benzene rings is 1. The van der Waals surface area contributed by atoms with Crippen LogP contribution in [0.4, 0.5) is 0 Å². The van der Waals surface area contributed by atoms with Gasteiger partial charge in [0.25, 0.3) is 0 Å². The van der Waals surface area contributed by atoms with Crippen LogP contribution in [0, 0.1) is 11.8 Å². The molecule has 0 aromatic heterocycles. The maximum absolute atomic E-state index is 5.60. The molecular formula is C21H38O2. The Morgan fingerprint density at radius 3 is 2.04 bits per heavy atom. The van der Waals surface area contributed by atoms with Gasteiger partial charge >= 0.3 is 0 Å². The van der Waals surface area contributed by atoms with Gasteiger partial charge in [-0.15, -0.1) is 0 Å². The predicted octanol–water partition coefficient (Wildman–Crippen LogP) is 6.30. The minimum atomic E-state index is 0.786. The molecule has 0 bridgehead atoms. The van der Waals surface area contributed by atoms with Crippen LogP contribution >= 0.6 is 0 Å². The largest absolute Gasteiger partial charge is 0.493 e. The van der Waals surface area contributed by atoms with Crippen molar-refractivity contribution < 1.29 is 9.47 Å². The van der Waals surface area contributed by atoms with Gasteiger partial charge in [0.1, 0.15) is 0 Å². The number of methoxy groups -OCH3 is 2. The van der Waals surface area contributed by atoms with Crippen molar-refractivity contribution in [2.45, 2.75) is 73.6 Å². The second-order valence-corrected chi connectivity index (χ2v) is 5.56. The van der Waals surface area contributed by atoms with Crippen LogP contribution in [0.5, 0.6) is 11.5 Å². The molecule has 1 aliphatic carbocycles. The fourth-order valence-corrected chi connectivity index (χ4v) is 3.51. The Morgan fingerprint density at radius 1 is 0.913 bits per heavy atom. The molecule has 1 unspecified atom stereocenters. The summed E-state index contributed by atoms with van der Waals surface area (Å²) in [5.41, 5.74) is 2.84. The predicted molar refractivity (Wildman–Crippen MR) is 102 cm³/mol. The summed E-state index contributed by atoms with van der Waals surface area (Å²) in [6.07, 6.45) is 6.21. The van der Waals surface area contributed by atoms with E-state index in [1.54, 1.807) is 14.2 Å². The average Bonchev–Trinajstić information content (AvgIpc) is 2.63. The zero-order chi connectivity index (χ0) is 17.8. The van der Waals surface area contributed by atoms with E-state index in [-0.39, 0.29) is 0 Å². The van der Waals surface area contributed by atoms with Gasteiger partial charge in [-0.3, -0.25) is 0 Å². The maximum atomic E-state index is 5.60. The summed E-state index contributed by atoms with van der Waals surface area (Å²) in [6.45, 7) is 12.6. The van der Waals surface area contributed by atoms with Crippen molar-refractivity contribution in [2.75, 3.05) is 14.2 Å². The van der Waals surface area contributed by atoms with Crippen LogP contribution in [-0.4, -0.2) is 14.2 Å². The summed E-state index contributed by atoms with van der Waals surface area (Å²) >= 11 is 0. The van der Waals surface area contributed by atoms with Gasteiger partial charge in [0, 0.05) is 5.56 Å². The fourth-order valence-electron chi connectivity index (χ4n) is 3.51. The lowest BCUT2D eigenvalue weighted by Crippen LogP contribution is -2.25. The van der Waals surface area contributed by atoms with E-state index in [4.69, 9.17) is 9.47 Å². The highest BCUT2D eigenvalue weighted by molar-refractivity contribution is 5.52. The molecule has 0 fully saturated rings. The van der Waals surface area contributed by atoms with E-state index < -0.39 is 0 Å². The molecule has 2 rings (SSSR count). The second-order valence-electron chi connectivity index (χ2n) is 5.56. The Labute approximate surface area is 144 Å². The molecule has 23 heavy (non-hydrogen) atoms. The van der Waals surface area contributed by atoms with Crippen LogP contribution in [0.1, 0.15) is 71.9 Å². The third-order valence-corrected chi connectivity index (χ3v) is 4.54. The summed E-state index contributed by atoms with van der Waals surface area (Å²) in [7, 11) is 3.46. The average molecular weight is 323 g/mol. The van der Waals surface area contributed by atoms with Gasteiger partial charge < -0.3 is 9.47 Å². The Kier molecular flexibility index (Phi) is 11.6. The molecule has 1 aliphatic rings. The molecular weight excluding hydrogens is 284 g/mol. The Hall–Kier alpha value is -1.18. The van der Waals surface area contributed by atoms with E-state index in [2.05, 4.69) is 19.9 Å². The third kappa shape index (κ3) is 5.44. The summed E-state index contributed by atoms with van der Waals surface area (Å²) in [5, 5.41) is 0. The summed E-state index contributed by atoms with van der Waals surface area (Å²) in [6, 6.07) is 4.28. The Bertz CT molecular complexity index is 426. The zero-order valence-electron chi connectivity index (χ0n) is 16.7. The van der Waals surface area contributed by atoms with E-state index >= 15 is 0 Å². The van der Waals surface area contributed by atoms with Crippen molar-refractivity contribution in [3.8, 4) is 11.5 Å². The highest BCUT2D eigenvalue weighted by Crippen LogP contribution is 2.42. The standard InChI is InChI=1S/C17H26O2.2C2H6/c1-5-7-13-10-14-8-9-16(18-3)17(19-4)15(14)11-12(13)6-2;2*1-2/h8-9,12-13H,5-7,10-11H2,1-4H3;2*1-2H3/t12-,13?;;/m1../s1. The van der Waals surface area contributed by atoms with Gasteiger partial charge in [0.2, 0.25) is 0 Å². The summed E-state index contributed by atoms with van der Waals surface area (Å²) < 4.78 is 11.0. The monoisotopic (exact) mass is 322 g/mol. The van der Waals surface area contributed by atoms with Gasteiger partial charge in [-0.05, 0) is 36.3 Å². The second kappa shape index (κ2) is 12.3. The number of hydrogen-bond acceptors (Lipinski definition) is 2. The normalized spacial score (nSPS) is 18.6. The molecule has 0 saturated carbocycles. The highest BCUT2D eigenvalue weighted by Gasteiger charge is 2.29. The molecule has 1 aromatic carbocycles. The van der Waals surface area contributed by atoms with Crippen molar-refractivity contribution >= 4 is 0 Å². The van der Waals surface area contributed by atoms with Crippen LogP contribution in [-0.2, 0) is 12.8 Å². The van der Waals surface area contributed by atoms with Crippen LogP contribution in [0.2, 0.25) is 0 Å². The minimum Gasteiger partial charge on any atom is -0.493 e. The van der Waals surface area contributed by atoms with Crippen LogP contribution in [0.15, 0.2) is 12.1 Å². The first kappa shape index (κ1) is 21.8. The lowest BCUT2D eigenvalue weighted by atomic mass is 9.72. The molecule has 0 N–H and O–H groups in total. The Morgan fingerprint density at radius 2 is 1.57 bits per heavy atom. The van der Waals surface area contributed by atoms with Crippen LogP contribution in [0.3, 0.4) is 0 Å². The maximum Gasteiger partial charge on any atom is 0.164 e. The summed E-state index contributed by atoms with van der Waals surface area (Å²) in [4.78, 5) is 0. The number of hydrogen-bond donors (Lipinski definition) is 0. The van der Waals surface area contributed by atoms with Crippen molar-refractivity contribution in [3.05, 3.63) is 23.3 Å². The van der Waals surface area contributed by atoms with Gasteiger partial charge in [0.15, 0.2) is 11.5 Å². The van der Waals surface area contributed by atoms with Crippen LogP contribution in [0.25, 0.3) is 0 Å². The van der Waals surface area contributed by atoms with Gasteiger partial charge in [-0.1, -0.05) is 66.9 Å². The molecule has 0 heterocycles. The van der Waals surface area contributed by atoms with Gasteiger partial charge in [0.05, 0.1) is 14.2 Å². The minimum absolute atomic E-state index is 0.786. The van der Waals surface area contributed by atoms with E-state index in [9.17, 15) is 0 Å². The summed E-state index contributed by atoms with van der Waals surface area (Å²) in [5.74, 6) is 3.44. The molecule has 0 spiro atoms. The number of ether oxygens (including phenoxy) is 2. The number of fused-ring (bicyclic) bond motifs is 1. The van der Waals surface area contributed by atoms with Crippen molar-refractivity contribution in [2.24, 2.45) is 11.8 Å². The zero-order valence-corrected chi connectivity index (χ0v) is 16.7. The smallest absolute Gasteiger partial charge is 0.164 e. The Balaban J connectivity index is 0.00000112. The van der Waals surface area contributed by atoms with Crippen LogP contribution < -0.4 is 9.47 Å². The first-order chi connectivity index (χ1) is 11.2. The fraction of sp³-hybridized carbons (Fsp3) is 0.714. The van der Waals surface area contributed by atoms with Crippen molar-refractivity contribution in [3.63, 3.8) is 0 Å². The van der Waals surface area contributed by atoms with E-state index in [0.717, 1.165) is 29.8 Å². The topological polar surface area (TPSA) is 18.5 Å². The third-order valence-electron chi connectivity index (χ3n) is 4.54. The van der Waals surface area contributed by atoms with E-state index in [1.165, 1.54) is 36.8 Å². The van der Waals surface area contributed by atoms with Gasteiger partial charge in [-0.2, -0.15) is 0 Å². The molecule has 0 aliphatic heterocycles. The first-order valence-corrected chi connectivity index (χ1v) is 9.47. The first-order valence-electron chi connectivity index (χ1n) is 9.47. The van der Waals surface area contributed by atoms with E-state index in [1.807, 2.05) is 33.8 Å². The molecule has 2 nitrogen and oxygen atoms in total. The molecule has 0 saturated heterocycles. The molecule has 0 amide bonds. The van der Waals surface area contributed by atoms with Crippen molar-refractivity contribution in [1.82, 2.24) is 0 Å². The highest BCUT2D eigenvalue weighted by atomic mass is 16.5. The quantitative estimate of drug-likeness (QED) is 0.633. The molecule has 134 valence electrons. The van der Waals surface area contributed by atoms with Gasteiger partial charge in [-0.25, -0.2) is 0 Å². The molecule has 2 heteroatoms. The number of rotatable bonds is 5. The van der Waals surface area contributed by atoms with Crippen molar-refractivity contribution in [1.29, 1.82) is 0 Å². The molecule has 1 aromatic rings. The van der Waals surface area contributed by atoms with E-state index in [0.29, 0.717) is 0 Å². The molecule has 2 atom stereocenters.